The number of nitro groups is 1. The van der Waals surface area contributed by atoms with Crippen LogP contribution in [0.1, 0.15) is 5.56 Å². The fraction of sp³-hybridized carbons (Fsp3) is 0.250. The van der Waals surface area contributed by atoms with Gasteiger partial charge >= 0.3 is 5.69 Å². The number of aryl methyl sites for hydroxylation is 1. The fourth-order valence-electron chi connectivity index (χ4n) is 1.08. The Balaban J connectivity index is 3.43. The van der Waals surface area contributed by atoms with Crippen molar-refractivity contribution in [2.75, 3.05) is 7.11 Å². The van der Waals surface area contributed by atoms with Gasteiger partial charge in [-0.05, 0) is 34.5 Å². The molecule has 1 aromatic rings. The van der Waals surface area contributed by atoms with Crippen LogP contribution in [-0.2, 0) is 0 Å². The first-order valence-corrected chi connectivity index (χ1v) is 4.34. The number of benzene rings is 1. The van der Waals surface area contributed by atoms with Gasteiger partial charge in [-0.2, -0.15) is 0 Å². The van der Waals surface area contributed by atoms with Gasteiger partial charge in [0, 0.05) is 0 Å². The summed E-state index contributed by atoms with van der Waals surface area (Å²) in [5.74, 6) is 0.305. The molecule has 0 bridgehead atoms. The van der Waals surface area contributed by atoms with Crippen molar-refractivity contribution in [2.24, 2.45) is 0 Å². The van der Waals surface area contributed by atoms with Crippen molar-refractivity contribution in [3.8, 4) is 5.75 Å². The van der Waals surface area contributed by atoms with E-state index in [0.717, 1.165) is 5.56 Å². The maximum Gasteiger partial charge on any atom is 0.325 e. The Morgan fingerprint density at radius 3 is 2.54 bits per heavy atom. The monoisotopic (exact) mass is 245 g/mol. The van der Waals surface area contributed by atoms with Crippen LogP contribution in [0.15, 0.2) is 16.6 Å². The summed E-state index contributed by atoms with van der Waals surface area (Å²) in [6.07, 6.45) is 0. The summed E-state index contributed by atoms with van der Waals surface area (Å²) in [4.78, 5) is 10.2. The number of nitrogens with zero attached hydrogens (tertiary/aromatic N) is 1. The molecule has 0 unspecified atom stereocenters. The highest BCUT2D eigenvalue weighted by Gasteiger charge is 2.20. The molecule has 1 rings (SSSR count). The largest absolute Gasteiger partial charge is 0.490 e. The Labute approximate surface area is 83.8 Å². The standard InChI is InChI=1S/C8H8BrNO3/c1-5-3-4-6(9)7(10(11)12)8(5)13-2/h3-4H,1-2H3. The highest BCUT2D eigenvalue weighted by Crippen LogP contribution is 2.36. The Hall–Kier alpha value is -1.10. The fourth-order valence-corrected chi connectivity index (χ4v) is 1.53. The van der Waals surface area contributed by atoms with E-state index in [0.29, 0.717) is 10.2 Å². The second kappa shape index (κ2) is 3.74. The minimum atomic E-state index is -0.462. The SMILES string of the molecule is COc1c(C)ccc(Br)c1[N+](=O)[O-]. The Kier molecular flexibility index (Phi) is 2.87. The van der Waals surface area contributed by atoms with Crippen molar-refractivity contribution in [3.63, 3.8) is 0 Å². The molecule has 0 amide bonds. The molecule has 0 aliphatic rings. The van der Waals surface area contributed by atoms with Crippen LogP contribution >= 0.6 is 15.9 Å². The zero-order valence-electron chi connectivity index (χ0n) is 7.20. The first kappa shape index (κ1) is 9.98. The molecule has 0 spiro atoms. The Morgan fingerprint density at radius 1 is 1.54 bits per heavy atom. The number of rotatable bonds is 2. The van der Waals surface area contributed by atoms with Crippen LogP contribution in [0.4, 0.5) is 5.69 Å². The number of hydrogen-bond acceptors (Lipinski definition) is 3. The van der Waals surface area contributed by atoms with Crippen molar-refractivity contribution < 1.29 is 9.66 Å². The van der Waals surface area contributed by atoms with E-state index in [4.69, 9.17) is 4.74 Å². The second-order valence-corrected chi connectivity index (χ2v) is 3.36. The summed E-state index contributed by atoms with van der Waals surface area (Å²) in [6, 6.07) is 3.39. The topological polar surface area (TPSA) is 52.4 Å². The summed E-state index contributed by atoms with van der Waals surface area (Å²) in [5.41, 5.74) is 0.722. The Bertz CT molecular complexity index is 351. The average molecular weight is 246 g/mol. The van der Waals surface area contributed by atoms with Gasteiger partial charge in [-0.15, -0.1) is 0 Å². The molecule has 5 heteroatoms. The predicted molar refractivity (Wildman–Crippen MR) is 52.1 cm³/mol. The number of halogens is 1. The van der Waals surface area contributed by atoms with E-state index in [9.17, 15) is 10.1 Å². The van der Waals surface area contributed by atoms with Gasteiger partial charge in [-0.1, -0.05) is 6.07 Å². The van der Waals surface area contributed by atoms with Gasteiger partial charge in [-0.25, -0.2) is 0 Å². The Morgan fingerprint density at radius 2 is 2.15 bits per heavy atom. The zero-order chi connectivity index (χ0) is 10.0. The summed E-state index contributed by atoms with van der Waals surface area (Å²) < 4.78 is 5.38. The first-order chi connectivity index (χ1) is 6.07. The van der Waals surface area contributed by atoms with Crippen LogP contribution in [0.2, 0.25) is 0 Å². The van der Waals surface area contributed by atoms with Crippen molar-refractivity contribution in [1.82, 2.24) is 0 Å². The van der Waals surface area contributed by atoms with E-state index >= 15 is 0 Å². The number of hydrogen-bond donors (Lipinski definition) is 0. The lowest BCUT2D eigenvalue weighted by atomic mass is 10.2. The quantitative estimate of drug-likeness (QED) is 0.595. The van der Waals surface area contributed by atoms with E-state index in [1.165, 1.54) is 7.11 Å². The van der Waals surface area contributed by atoms with Crippen LogP contribution < -0.4 is 4.74 Å². The molecule has 0 aliphatic carbocycles. The third-order valence-corrected chi connectivity index (χ3v) is 2.31. The molecule has 0 heterocycles. The lowest BCUT2D eigenvalue weighted by Gasteiger charge is -2.05. The van der Waals surface area contributed by atoms with Gasteiger partial charge in [-0.3, -0.25) is 10.1 Å². The summed E-state index contributed by atoms with van der Waals surface area (Å²) in [7, 11) is 1.42. The molecule has 0 atom stereocenters. The van der Waals surface area contributed by atoms with Crippen molar-refractivity contribution in [2.45, 2.75) is 6.92 Å². The highest BCUT2D eigenvalue weighted by molar-refractivity contribution is 9.10. The van der Waals surface area contributed by atoms with Gasteiger partial charge in [0.2, 0.25) is 5.75 Å². The average Bonchev–Trinajstić information content (AvgIpc) is 2.07. The summed E-state index contributed by atoms with van der Waals surface area (Å²) in [5, 5.41) is 10.6. The molecule has 0 radical (unpaired) electrons. The van der Waals surface area contributed by atoms with E-state index in [1.807, 2.05) is 0 Å². The van der Waals surface area contributed by atoms with Gasteiger partial charge in [0.25, 0.3) is 0 Å². The van der Waals surface area contributed by atoms with Crippen molar-refractivity contribution in [1.29, 1.82) is 0 Å². The van der Waals surface area contributed by atoms with Gasteiger partial charge < -0.3 is 4.74 Å². The van der Waals surface area contributed by atoms with E-state index in [2.05, 4.69) is 15.9 Å². The first-order valence-electron chi connectivity index (χ1n) is 3.55. The van der Waals surface area contributed by atoms with E-state index in [1.54, 1.807) is 19.1 Å². The molecule has 0 aromatic heterocycles. The normalized spacial score (nSPS) is 9.77. The molecule has 0 fully saturated rings. The molecule has 0 saturated heterocycles. The predicted octanol–water partition coefficient (Wildman–Crippen LogP) is 2.67. The van der Waals surface area contributed by atoms with Crippen molar-refractivity contribution in [3.05, 3.63) is 32.3 Å². The second-order valence-electron chi connectivity index (χ2n) is 2.50. The molecule has 70 valence electrons. The van der Waals surface area contributed by atoms with Gasteiger partial charge in [0.15, 0.2) is 0 Å². The zero-order valence-corrected chi connectivity index (χ0v) is 8.79. The maximum absolute atomic E-state index is 10.6. The third-order valence-electron chi connectivity index (χ3n) is 1.67. The van der Waals surface area contributed by atoms with Gasteiger partial charge in [0.05, 0.1) is 16.5 Å². The molecule has 0 aliphatic heterocycles. The number of methoxy groups -OCH3 is 1. The highest BCUT2D eigenvalue weighted by atomic mass is 79.9. The lowest BCUT2D eigenvalue weighted by molar-refractivity contribution is -0.386. The molecule has 1 aromatic carbocycles. The maximum atomic E-state index is 10.6. The minimum absolute atomic E-state index is 0.0255. The molecular formula is C8H8BrNO3. The molecule has 13 heavy (non-hydrogen) atoms. The van der Waals surface area contributed by atoms with E-state index in [-0.39, 0.29) is 5.69 Å². The smallest absolute Gasteiger partial charge is 0.325 e. The lowest BCUT2D eigenvalue weighted by Crippen LogP contribution is -1.96. The molecule has 0 saturated carbocycles. The van der Waals surface area contributed by atoms with Crippen molar-refractivity contribution >= 4 is 21.6 Å². The van der Waals surface area contributed by atoms with Crippen LogP contribution in [0.25, 0.3) is 0 Å². The summed E-state index contributed by atoms with van der Waals surface area (Å²) in [6.45, 7) is 1.76. The van der Waals surface area contributed by atoms with Crippen LogP contribution in [-0.4, -0.2) is 12.0 Å². The van der Waals surface area contributed by atoms with E-state index < -0.39 is 4.92 Å². The number of ether oxygens (including phenoxy) is 1. The molecular weight excluding hydrogens is 238 g/mol. The van der Waals surface area contributed by atoms with Crippen LogP contribution in [0, 0.1) is 17.0 Å². The van der Waals surface area contributed by atoms with Crippen LogP contribution in [0.5, 0.6) is 5.75 Å². The third kappa shape index (κ3) is 1.80. The molecule has 0 N–H and O–H groups in total. The number of nitro benzene ring substituents is 1. The summed E-state index contributed by atoms with van der Waals surface area (Å²) >= 11 is 3.10. The minimum Gasteiger partial charge on any atom is -0.490 e. The van der Waals surface area contributed by atoms with Gasteiger partial charge in [0.1, 0.15) is 0 Å². The van der Waals surface area contributed by atoms with Crippen LogP contribution in [0.3, 0.4) is 0 Å². The molecule has 4 nitrogen and oxygen atoms in total.